The molecule has 0 spiro atoms. The molecular formula is C30H33FN2O2. The molecule has 1 aromatic heterocycles. The SMILES string of the molecule is C=C(C(=O)/C(=C\C(C)=C(/N=Nc1ccc(F)cc1)c1cc2ccccc2o1)C(C)(C)C)C(C)(C)C. The van der Waals surface area contributed by atoms with Crippen molar-refractivity contribution in [2.45, 2.75) is 48.5 Å². The molecule has 3 rings (SSSR count). The molecule has 35 heavy (non-hydrogen) atoms. The van der Waals surface area contributed by atoms with Crippen molar-refractivity contribution >= 4 is 28.1 Å². The Bertz CT molecular complexity index is 1310. The van der Waals surface area contributed by atoms with Gasteiger partial charge in [-0.25, -0.2) is 4.39 Å². The average molecular weight is 473 g/mol. The van der Waals surface area contributed by atoms with Gasteiger partial charge >= 0.3 is 0 Å². The van der Waals surface area contributed by atoms with E-state index in [9.17, 15) is 9.18 Å². The topological polar surface area (TPSA) is 54.9 Å². The Balaban J connectivity index is 2.19. The highest BCUT2D eigenvalue weighted by molar-refractivity contribution is 6.09. The highest BCUT2D eigenvalue weighted by atomic mass is 19.1. The largest absolute Gasteiger partial charge is 0.454 e. The number of fused-ring (bicyclic) bond motifs is 1. The molecule has 0 saturated heterocycles. The number of azo groups is 1. The van der Waals surface area contributed by atoms with Crippen molar-refractivity contribution in [1.29, 1.82) is 0 Å². The van der Waals surface area contributed by atoms with Crippen LogP contribution in [0.4, 0.5) is 10.1 Å². The van der Waals surface area contributed by atoms with Crippen molar-refractivity contribution in [2.75, 3.05) is 0 Å². The molecule has 1 heterocycles. The molecule has 0 aliphatic carbocycles. The summed E-state index contributed by atoms with van der Waals surface area (Å²) in [6.45, 7) is 17.9. The van der Waals surface area contributed by atoms with Crippen molar-refractivity contribution in [3.8, 4) is 0 Å². The number of hydrogen-bond donors (Lipinski definition) is 0. The van der Waals surface area contributed by atoms with E-state index in [1.807, 2.05) is 84.9 Å². The standard InChI is InChI=1S/C30H33FN2O2/c1-19(17-24(30(6,7)8)28(34)20(2)29(3,4)5)27(33-32-23-15-13-22(31)14-16-23)26-18-21-11-9-10-12-25(21)35-26/h9-18H,2H2,1,3-8H3/b24-17+,27-19-,33-32?. The van der Waals surface area contributed by atoms with Crippen LogP contribution in [0.3, 0.4) is 0 Å². The van der Waals surface area contributed by atoms with Gasteiger partial charge in [0.2, 0.25) is 0 Å². The van der Waals surface area contributed by atoms with Crippen LogP contribution in [-0.4, -0.2) is 5.78 Å². The van der Waals surface area contributed by atoms with Gasteiger partial charge in [-0.3, -0.25) is 4.79 Å². The first-order chi connectivity index (χ1) is 16.3. The Hall–Kier alpha value is -3.60. The number of allylic oxidation sites excluding steroid dienone is 4. The van der Waals surface area contributed by atoms with Gasteiger partial charge in [-0.1, -0.05) is 66.3 Å². The van der Waals surface area contributed by atoms with Crippen molar-refractivity contribution in [3.05, 3.63) is 95.5 Å². The van der Waals surface area contributed by atoms with Crippen LogP contribution >= 0.6 is 0 Å². The van der Waals surface area contributed by atoms with Crippen LogP contribution in [0.1, 0.15) is 54.2 Å². The minimum atomic E-state index is -0.431. The van der Waals surface area contributed by atoms with E-state index >= 15 is 0 Å². The summed E-state index contributed by atoms with van der Waals surface area (Å²) in [6.07, 6.45) is 1.85. The van der Waals surface area contributed by atoms with E-state index in [4.69, 9.17) is 4.42 Å². The van der Waals surface area contributed by atoms with E-state index in [1.165, 1.54) is 12.1 Å². The Labute approximate surface area is 207 Å². The lowest BCUT2D eigenvalue weighted by Crippen LogP contribution is -2.25. The van der Waals surface area contributed by atoms with E-state index in [1.54, 1.807) is 12.1 Å². The number of ketones is 1. The lowest BCUT2D eigenvalue weighted by atomic mass is 9.75. The Morgan fingerprint density at radius 3 is 2.17 bits per heavy atom. The minimum Gasteiger partial charge on any atom is -0.454 e. The van der Waals surface area contributed by atoms with Gasteiger partial charge in [-0.05, 0) is 71.4 Å². The molecule has 0 radical (unpaired) electrons. The molecule has 0 fully saturated rings. The smallest absolute Gasteiger partial charge is 0.185 e. The predicted molar refractivity (Wildman–Crippen MR) is 141 cm³/mol. The summed E-state index contributed by atoms with van der Waals surface area (Å²) >= 11 is 0. The number of Topliss-reactive ketones (excluding diaryl/α,β-unsaturated/α-hetero) is 1. The van der Waals surface area contributed by atoms with Crippen molar-refractivity contribution in [2.24, 2.45) is 21.1 Å². The lowest BCUT2D eigenvalue weighted by molar-refractivity contribution is -0.113. The van der Waals surface area contributed by atoms with Crippen molar-refractivity contribution in [1.82, 2.24) is 0 Å². The third kappa shape index (κ3) is 6.30. The monoisotopic (exact) mass is 472 g/mol. The molecule has 0 unspecified atom stereocenters. The molecular weight excluding hydrogens is 439 g/mol. The molecule has 2 aromatic carbocycles. The first kappa shape index (κ1) is 26.0. The quantitative estimate of drug-likeness (QED) is 0.204. The Morgan fingerprint density at radius 2 is 1.60 bits per heavy atom. The van der Waals surface area contributed by atoms with Gasteiger partial charge in [-0.2, -0.15) is 5.11 Å². The first-order valence-corrected chi connectivity index (χ1v) is 11.6. The van der Waals surface area contributed by atoms with Crippen molar-refractivity contribution < 1.29 is 13.6 Å². The first-order valence-electron chi connectivity index (χ1n) is 11.6. The fourth-order valence-corrected chi connectivity index (χ4v) is 3.45. The summed E-state index contributed by atoms with van der Waals surface area (Å²) in [7, 11) is 0. The summed E-state index contributed by atoms with van der Waals surface area (Å²) in [5, 5.41) is 9.73. The summed E-state index contributed by atoms with van der Waals surface area (Å²) < 4.78 is 19.4. The molecule has 5 heteroatoms. The van der Waals surface area contributed by atoms with E-state index in [2.05, 4.69) is 16.8 Å². The van der Waals surface area contributed by atoms with Crippen molar-refractivity contribution in [3.63, 3.8) is 0 Å². The van der Waals surface area contributed by atoms with Gasteiger partial charge in [0.25, 0.3) is 0 Å². The summed E-state index contributed by atoms with van der Waals surface area (Å²) in [5.74, 6) is 0.105. The molecule has 0 bridgehead atoms. The van der Waals surface area contributed by atoms with Crippen LogP contribution in [0.2, 0.25) is 0 Å². The van der Waals surface area contributed by atoms with E-state index < -0.39 is 5.41 Å². The molecule has 3 aromatic rings. The number of halogens is 1. The fraction of sp³-hybridized carbons (Fsp3) is 0.300. The zero-order chi connectivity index (χ0) is 26.0. The second-order valence-corrected chi connectivity index (χ2v) is 10.7. The number of hydrogen-bond acceptors (Lipinski definition) is 4. The zero-order valence-electron chi connectivity index (χ0n) is 21.6. The predicted octanol–water partition coefficient (Wildman–Crippen LogP) is 9.23. The van der Waals surface area contributed by atoms with Gasteiger partial charge in [0.15, 0.2) is 11.5 Å². The van der Waals surface area contributed by atoms with Gasteiger partial charge in [0.1, 0.15) is 17.1 Å². The second kappa shape index (κ2) is 9.95. The number of nitrogens with zero attached hydrogens (tertiary/aromatic N) is 2. The lowest BCUT2D eigenvalue weighted by Gasteiger charge is -2.27. The van der Waals surface area contributed by atoms with Gasteiger partial charge in [0.05, 0.1) is 5.69 Å². The second-order valence-electron chi connectivity index (χ2n) is 10.7. The van der Waals surface area contributed by atoms with Gasteiger partial charge in [0, 0.05) is 11.0 Å². The number of carbonyl (C=O) groups is 1. The molecule has 4 nitrogen and oxygen atoms in total. The molecule has 0 N–H and O–H groups in total. The maximum absolute atomic E-state index is 13.5. The molecule has 0 aliphatic rings. The number of rotatable bonds is 6. The van der Waals surface area contributed by atoms with Crippen LogP contribution in [0.25, 0.3) is 16.7 Å². The number of carbonyl (C=O) groups excluding carboxylic acids is 1. The zero-order valence-corrected chi connectivity index (χ0v) is 21.6. The maximum Gasteiger partial charge on any atom is 0.185 e. The van der Waals surface area contributed by atoms with E-state index in [-0.39, 0.29) is 17.0 Å². The number of para-hydroxylation sites is 1. The molecule has 0 aliphatic heterocycles. The Morgan fingerprint density at radius 1 is 0.971 bits per heavy atom. The van der Waals surface area contributed by atoms with Gasteiger partial charge in [-0.15, -0.1) is 5.11 Å². The van der Waals surface area contributed by atoms with Gasteiger partial charge < -0.3 is 4.42 Å². The Kier molecular flexibility index (Phi) is 7.39. The third-order valence-corrected chi connectivity index (χ3v) is 5.72. The normalized spacial score (nSPS) is 13.9. The fourth-order valence-electron chi connectivity index (χ4n) is 3.45. The van der Waals surface area contributed by atoms with Crippen LogP contribution in [0, 0.1) is 16.6 Å². The van der Waals surface area contributed by atoms with E-state index in [0.29, 0.717) is 28.3 Å². The molecule has 0 amide bonds. The number of benzene rings is 2. The van der Waals surface area contributed by atoms with E-state index in [0.717, 1.165) is 16.5 Å². The van der Waals surface area contributed by atoms with Crippen LogP contribution in [0.5, 0.6) is 0 Å². The van der Waals surface area contributed by atoms with Crippen LogP contribution in [0.15, 0.2) is 98.6 Å². The minimum absolute atomic E-state index is 0.0798. The summed E-state index contributed by atoms with van der Waals surface area (Å²) in [6, 6.07) is 15.4. The molecule has 0 saturated carbocycles. The third-order valence-electron chi connectivity index (χ3n) is 5.72. The maximum atomic E-state index is 13.5. The van der Waals surface area contributed by atoms with Crippen LogP contribution < -0.4 is 0 Å². The highest BCUT2D eigenvalue weighted by Gasteiger charge is 2.30. The summed E-state index contributed by atoms with van der Waals surface area (Å²) in [5.41, 5.74) is 2.82. The van der Waals surface area contributed by atoms with Crippen LogP contribution in [-0.2, 0) is 4.79 Å². The summed E-state index contributed by atoms with van der Waals surface area (Å²) in [4.78, 5) is 13.5. The highest BCUT2D eigenvalue weighted by Crippen LogP contribution is 2.36. The average Bonchev–Trinajstić information content (AvgIpc) is 3.20. The molecule has 182 valence electrons. The molecule has 0 atom stereocenters. The number of furan rings is 1.